The molecule has 4 aromatic rings. The summed E-state index contributed by atoms with van der Waals surface area (Å²) in [5, 5.41) is 7.80. The Morgan fingerprint density at radius 3 is 2.61 bits per heavy atom. The molecule has 140 valence electrons. The fourth-order valence-corrected chi connectivity index (χ4v) is 3.77. The van der Waals surface area contributed by atoms with Gasteiger partial charge in [-0.05, 0) is 49.2 Å². The van der Waals surface area contributed by atoms with E-state index in [4.69, 9.17) is 5.10 Å². The predicted octanol–water partition coefficient (Wildman–Crippen LogP) is 4.68. The van der Waals surface area contributed by atoms with Gasteiger partial charge in [-0.25, -0.2) is 9.37 Å². The average Bonchev–Trinajstić information content (AvgIpc) is 3.39. The fraction of sp³-hybridized carbons (Fsp3) is 0.238. The van der Waals surface area contributed by atoms with E-state index >= 15 is 0 Å². The summed E-state index contributed by atoms with van der Waals surface area (Å²) < 4.78 is 17.2. The van der Waals surface area contributed by atoms with Gasteiger partial charge in [-0.2, -0.15) is 10.0 Å². The van der Waals surface area contributed by atoms with Gasteiger partial charge in [0.15, 0.2) is 0 Å². The van der Waals surface area contributed by atoms with Crippen molar-refractivity contribution in [3.05, 3.63) is 70.9 Å². The number of rotatable bonds is 5. The number of hydrogen-bond donors (Lipinski definition) is 0. The number of halogens is 1. The quantitative estimate of drug-likeness (QED) is 0.476. The Hall–Kier alpha value is -3.35. The van der Waals surface area contributed by atoms with Crippen LogP contribution < -0.4 is 0 Å². The molecule has 3 heterocycles. The van der Waals surface area contributed by atoms with Crippen LogP contribution in [0.5, 0.6) is 0 Å². The molecule has 0 unspecified atom stereocenters. The first-order valence-corrected chi connectivity index (χ1v) is 9.24. The van der Waals surface area contributed by atoms with Crippen LogP contribution in [0.3, 0.4) is 0 Å². The van der Waals surface area contributed by atoms with Crippen LogP contribution in [0, 0.1) is 10.7 Å². The number of benzene rings is 1. The van der Waals surface area contributed by atoms with E-state index in [1.807, 2.05) is 34.5 Å². The monoisotopic (exact) mass is 375 g/mol. The van der Waals surface area contributed by atoms with Gasteiger partial charge in [-0.3, -0.25) is 4.68 Å². The van der Waals surface area contributed by atoms with E-state index in [2.05, 4.69) is 10.2 Å². The predicted molar refractivity (Wildman–Crippen MR) is 104 cm³/mol. The first kappa shape index (κ1) is 16.8. The summed E-state index contributed by atoms with van der Waals surface area (Å²) in [4.78, 5) is 15.1. The Kier molecular flexibility index (Phi) is 3.82. The summed E-state index contributed by atoms with van der Waals surface area (Å²) in [5.41, 5.74) is 6.49. The van der Waals surface area contributed by atoms with Gasteiger partial charge in [0.25, 0.3) is 0 Å². The third-order valence-electron chi connectivity index (χ3n) is 5.25. The van der Waals surface area contributed by atoms with E-state index < -0.39 is 0 Å². The SMILES string of the molecule is Cn1nc(C2CC2)c(-c2ccc3ncc(CN=O)n3c2)c1-c1ccc(F)cc1. The molecule has 0 aliphatic heterocycles. The number of imidazole rings is 1. The molecule has 0 radical (unpaired) electrons. The van der Waals surface area contributed by atoms with Crippen LogP contribution in [0.2, 0.25) is 0 Å². The average molecular weight is 375 g/mol. The van der Waals surface area contributed by atoms with E-state index in [-0.39, 0.29) is 12.4 Å². The minimum absolute atomic E-state index is 0.0674. The molecule has 0 saturated heterocycles. The van der Waals surface area contributed by atoms with Crippen LogP contribution in [0.25, 0.3) is 28.0 Å². The van der Waals surface area contributed by atoms with E-state index in [0.717, 1.165) is 52.3 Å². The summed E-state index contributed by atoms with van der Waals surface area (Å²) in [6.45, 7) is 0.0674. The Labute approximate surface area is 160 Å². The summed E-state index contributed by atoms with van der Waals surface area (Å²) >= 11 is 0. The molecule has 0 amide bonds. The molecule has 0 bridgehead atoms. The van der Waals surface area contributed by atoms with E-state index in [9.17, 15) is 9.30 Å². The molecular weight excluding hydrogens is 357 g/mol. The number of nitrogens with zero attached hydrogens (tertiary/aromatic N) is 5. The number of aryl methyl sites for hydroxylation is 1. The lowest BCUT2D eigenvalue weighted by Gasteiger charge is -2.09. The zero-order valence-electron chi connectivity index (χ0n) is 15.3. The van der Waals surface area contributed by atoms with Crippen LogP contribution in [-0.4, -0.2) is 19.2 Å². The van der Waals surface area contributed by atoms with E-state index in [0.29, 0.717) is 5.92 Å². The van der Waals surface area contributed by atoms with Crippen molar-refractivity contribution in [1.29, 1.82) is 0 Å². The molecule has 0 atom stereocenters. The minimum atomic E-state index is -0.263. The topological polar surface area (TPSA) is 64.5 Å². The van der Waals surface area contributed by atoms with Gasteiger partial charge in [0, 0.05) is 35.9 Å². The minimum Gasteiger partial charge on any atom is -0.301 e. The second kappa shape index (κ2) is 6.37. The molecule has 1 saturated carbocycles. The maximum Gasteiger partial charge on any atom is 0.136 e. The van der Waals surface area contributed by atoms with Crippen molar-refractivity contribution in [2.45, 2.75) is 25.3 Å². The highest BCUT2D eigenvalue weighted by Crippen LogP contribution is 2.47. The first-order valence-electron chi connectivity index (χ1n) is 9.24. The van der Waals surface area contributed by atoms with Crippen molar-refractivity contribution in [2.24, 2.45) is 12.2 Å². The Bertz CT molecular complexity index is 1190. The molecule has 1 aliphatic rings. The maximum absolute atomic E-state index is 13.5. The number of nitroso groups, excluding NO2 is 1. The second-order valence-corrected chi connectivity index (χ2v) is 7.20. The van der Waals surface area contributed by atoms with Crippen molar-refractivity contribution in [3.63, 3.8) is 0 Å². The Morgan fingerprint density at radius 1 is 1.14 bits per heavy atom. The molecule has 0 N–H and O–H groups in total. The van der Waals surface area contributed by atoms with Gasteiger partial charge < -0.3 is 4.40 Å². The lowest BCUT2D eigenvalue weighted by Crippen LogP contribution is -1.96. The summed E-state index contributed by atoms with van der Waals surface area (Å²) in [5.74, 6) is 0.186. The molecule has 1 aliphatic carbocycles. The molecule has 7 heteroatoms. The third-order valence-corrected chi connectivity index (χ3v) is 5.25. The van der Waals surface area contributed by atoms with Crippen molar-refractivity contribution >= 4 is 5.65 Å². The molecule has 6 nitrogen and oxygen atoms in total. The summed E-state index contributed by atoms with van der Waals surface area (Å²) in [7, 11) is 1.92. The molecule has 0 spiro atoms. The molecule has 5 rings (SSSR count). The standard InChI is InChI=1S/C21H18FN5O/c1-26-21(14-4-7-16(22)8-5-14)19(20(25-26)13-2-3-13)15-6-9-18-23-10-17(11-24-28)27(18)12-15/h4-10,12-13H,2-3,11H2,1H3. The zero-order chi connectivity index (χ0) is 19.3. The third kappa shape index (κ3) is 2.70. The Morgan fingerprint density at radius 2 is 1.89 bits per heavy atom. The first-order chi connectivity index (χ1) is 13.7. The van der Waals surface area contributed by atoms with E-state index in [1.54, 1.807) is 18.3 Å². The van der Waals surface area contributed by atoms with Crippen LogP contribution in [0.1, 0.15) is 30.1 Å². The van der Waals surface area contributed by atoms with Crippen molar-refractivity contribution in [3.8, 4) is 22.4 Å². The number of aromatic nitrogens is 4. The van der Waals surface area contributed by atoms with Crippen LogP contribution in [0.15, 0.2) is 54.0 Å². The molecule has 28 heavy (non-hydrogen) atoms. The fourth-order valence-electron chi connectivity index (χ4n) is 3.77. The van der Waals surface area contributed by atoms with Gasteiger partial charge in [0.2, 0.25) is 0 Å². The smallest absolute Gasteiger partial charge is 0.136 e. The van der Waals surface area contributed by atoms with Crippen molar-refractivity contribution < 1.29 is 4.39 Å². The molecule has 3 aromatic heterocycles. The number of hydrogen-bond acceptors (Lipinski definition) is 4. The van der Waals surface area contributed by atoms with Gasteiger partial charge in [-0.1, -0.05) is 5.18 Å². The number of pyridine rings is 1. The molecule has 1 fully saturated rings. The van der Waals surface area contributed by atoms with Crippen molar-refractivity contribution in [2.75, 3.05) is 0 Å². The highest BCUT2D eigenvalue weighted by Gasteiger charge is 2.32. The van der Waals surface area contributed by atoms with Gasteiger partial charge in [0.1, 0.15) is 18.0 Å². The Balaban J connectivity index is 1.74. The van der Waals surface area contributed by atoms with Crippen LogP contribution in [0.4, 0.5) is 4.39 Å². The van der Waals surface area contributed by atoms with Gasteiger partial charge >= 0.3 is 0 Å². The van der Waals surface area contributed by atoms with Gasteiger partial charge in [0.05, 0.1) is 23.3 Å². The van der Waals surface area contributed by atoms with Crippen LogP contribution >= 0.6 is 0 Å². The summed E-state index contributed by atoms with van der Waals surface area (Å²) in [6, 6.07) is 10.5. The van der Waals surface area contributed by atoms with E-state index in [1.165, 1.54) is 12.1 Å². The van der Waals surface area contributed by atoms with Gasteiger partial charge in [-0.15, -0.1) is 0 Å². The highest BCUT2D eigenvalue weighted by atomic mass is 19.1. The molecular formula is C21H18FN5O. The van der Waals surface area contributed by atoms with Crippen LogP contribution in [-0.2, 0) is 13.6 Å². The summed E-state index contributed by atoms with van der Waals surface area (Å²) in [6.07, 6.45) is 5.91. The lowest BCUT2D eigenvalue weighted by molar-refractivity contribution is 0.628. The number of fused-ring (bicyclic) bond motifs is 1. The highest BCUT2D eigenvalue weighted by molar-refractivity contribution is 5.84. The maximum atomic E-state index is 13.5. The zero-order valence-corrected chi connectivity index (χ0v) is 15.3. The lowest BCUT2D eigenvalue weighted by atomic mass is 9.98. The second-order valence-electron chi connectivity index (χ2n) is 7.20. The largest absolute Gasteiger partial charge is 0.301 e. The molecule has 1 aromatic carbocycles. The normalized spacial score (nSPS) is 13.9. The van der Waals surface area contributed by atoms with Crippen molar-refractivity contribution in [1.82, 2.24) is 19.2 Å².